The Labute approximate surface area is 104 Å². The lowest BCUT2D eigenvalue weighted by Gasteiger charge is -2.11. The molecular formula is C12H15N3O3. The molecule has 3 rings (SSSR count). The first-order valence-electron chi connectivity index (χ1n) is 6.00. The zero-order valence-corrected chi connectivity index (χ0v) is 9.91. The van der Waals surface area contributed by atoms with Gasteiger partial charge in [-0.3, -0.25) is 0 Å². The number of aliphatic hydroxyl groups is 2. The molecule has 0 aliphatic heterocycles. The van der Waals surface area contributed by atoms with Crippen LogP contribution in [0.4, 0.5) is 0 Å². The van der Waals surface area contributed by atoms with Gasteiger partial charge in [0, 0.05) is 0 Å². The minimum Gasteiger partial charge on any atom is -0.461 e. The van der Waals surface area contributed by atoms with Gasteiger partial charge >= 0.3 is 0 Å². The van der Waals surface area contributed by atoms with Crippen LogP contribution >= 0.6 is 0 Å². The molecule has 2 aromatic heterocycles. The third kappa shape index (κ3) is 1.74. The molecule has 1 aliphatic carbocycles. The highest BCUT2D eigenvalue weighted by Gasteiger charge is 2.48. The van der Waals surface area contributed by atoms with Gasteiger partial charge in [0.1, 0.15) is 5.82 Å². The van der Waals surface area contributed by atoms with Gasteiger partial charge in [0.25, 0.3) is 0 Å². The van der Waals surface area contributed by atoms with Crippen LogP contribution in [0.2, 0.25) is 0 Å². The van der Waals surface area contributed by atoms with Gasteiger partial charge in [-0.15, -0.1) is 5.10 Å². The van der Waals surface area contributed by atoms with Crippen LogP contribution in [0, 0.1) is 0 Å². The molecule has 0 spiro atoms. The highest BCUT2D eigenvalue weighted by Crippen LogP contribution is 2.47. The molecule has 2 aromatic rings. The zero-order valence-electron chi connectivity index (χ0n) is 9.91. The smallest absolute Gasteiger partial charge is 0.217 e. The SMILES string of the molecule is OCCn1nc(-c2ccco2)nc1C1(CO)CC1. The van der Waals surface area contributed by atoms with E-state index in [2.05, 4.69) is 10.1 Å². The molecule has 6 heteroatoms. The maximum Gasteiger partial charge on any atom is 0.217 e. The molecule has 6 nitrogen and oxygen atoms in total. The molecular weight excluding hydrogens is 234 g/mol. The fourth-order valence-electron chi connectivity index (χ4n) is 2.10. The van der Waals surface area contributed by atoms with Gasteiger partial charge in [-0.1, -0.05) is 0 Å². The number of aromatic nitrogens is 3. The van der Waals surface area contributed by atoms with Gasteiger partial charge in [-0.05, 0) is 25.0 Å². The number of hydrogen-bond donors (Lipinski definition) is 2. The fourth-order valence-corrected chi connectivity index (χ4v) is 2.10. The van der Waals surface area contributed by atoms with Gasteiger partial charge in [-0.2, -0.15) is 0 Å². The van der Waals surface area contributed by atoms with Crippen LogP contribution in [0.15, 0.2) is 22.8 Å². The maximum absolute atomic E-state index is 9.48. The molecule has 18 heavy (non-hydrogen) atoms. The summed E-state index contributed by atoms with van der Waals surface area (Å²) in [6.45, 7) is 0.439. The number of aliphatic hydroxyl groups excluding tert-OH is 2. The lowest BCUT2D eigenvalue weighted by molar-refractivity contribution is 0.234. The van der Waals surface area contributed by atoms with E-state index < -0.39 is 0 Å². The van der Waals surface area contributed by atoms with Crippen LogP contribution in [0.1, 0.15) is 18.7 Å². The van der Waals surface area contributed by atoms with E-state index >= 15 is 0 Å². The molecule has 0 amide bonds. The van der Waals surface area contributed by atoms with Crippen molar-refractivity contribution in [2.24, 2.45) is 0 Å². The zero-order chi connectivity index (χ0) is 12.6. The second kappa shape index (κ2) is 4.22. The number of furan rings is 1. The van der Waals surface area contributed by atoms with Crippen LogP contribution in [0.5, 0.6) is 0 Å². The summed E-state index contributed by atoms with van der Waals surface area (Å²) in [5.74, 6) is 1.84. The van der Waals surface area contributed by atoms with Crippen molar-refractivity contribution in [3.8, 4) is 11.6 Å². The first-order chi connectivity index (χ1) is 8.79. The Morgan fingerprint density at radius 1 is 1.39 bits per heavy atom. The minimum absolute atomic E-state index is 0.00450. The van der Waals surface area contributed by atoms with E-state index in [4.69, 9.17) is 9.52 Å². The monoisotopic (exact) mass is 249 g/mol. The predicted molar refractivity (Wildman–Crippen MR) is 62.8 cm³/mol. The van der Waals surface area contributed by atoms with Crippen LogP contribution in [-0.4, -0.2) is 38.2 Å². The number of nitrogens with zero attached hydrogens (tertiary/aromatic N) is 3. The van der Waals surface area contributed by atoms with E-state index in [0.29, 0.717) is 18.1 Å². The predicted octanol–water partition coefficient (Wildman–Crippen LogP) is 0.554. The summed E-state index contributed by atoms with van der Waals surface area (Å²) in [6, 6.07) is 3.57. The second-order valence-electron chi connectivity index (χ2n) is 4.62. The average molecular weight is 249 g/mol. The first kappa shape index (κ1) is 11.4. The lowest BCUT2D eigenvalue weighted by Crippen LogP contribution is -2.20. The minimum atomic E-state index is -0.271. The van der Waals surface area contributed by atoms with Crippen molar-refractivity contribution in [1.29, 1.82) is 0 Å². The maximum atomic E-state index is 9.48. The highest BCUT2D eigenvalue weighted by molar-refractivity contribution is 5.46. The van der Waals surface area contributed by atoms with Crippen molar-refractivity contribution in [2.45, 2.75) is 24.8 Å². The molecule has 1 fully saturated rings. The molecule has 1 aliphatic rings. The molecule has 1 saturated carbocycles. The van der Waals surface area contributed by atoms with Crippen molar-refractivity contribution < 1.29 is 14.6 Å². The highest BCUT2D eigenvalue weighted by atomic mass is 16.3. The Morgan fingerprint density at radius 3 is 2.78 bits per heavy atom. The summed E-state index contributed by atoms with van der Waals surface area (Å²) in [5, 5.41) is 22.9. The molecule has 0 saturated heterocycles. The summed E-state index contributed by atoms with van der Waals surface area (Å²) < 4.78 is 6.94. The molecule has 2 heterocycles. The molecule has 2 N–H and O–H groups in total. The fraction of sp³-hybridized carbons (Fsp3) is 0.500. The van der Waals surface area contributed by atoms with Crippen LogP contribution in [0.3, 0.4) is 0 Å². The van der Waals surface area contributed by atoms with Crippen LogP contribution in [0.25, 0.3) is 11.6 Å². The molecule has 0 bridgehead atoms. The molecule has 0 atom stereocenters. The quantitative estimate of drug-likeness (QED) is 0.808. The van der Waals surface area contributed by atoms with E-state index in [1.165, 1.54) is 0 Å². The van der Waals surface area contributed by atoms with E-state index in [1.807, 2.05) is 0 Å². The standard InChI is InChI=1S/C12H15N3O3/c16-6-5-15-11(12(8-17)3-4-12)13-10(14-15)9-2-1-7-18-9/h1-2,7,16-17H,3-6,8H2. The van der Waals surface area contributed by atoms with E-state index in [0.717, 1.165) is 18.7 Å². The van der Waals surface area contributed by atoms with Crippen molar-refractivity contribution in [1.82, 2.24) is 14.8 Å². The van der Waals surface area contributed by atoms with Gasteiger partial charge in [0.15, 0.2) is 5.76 Å². The van der Waals surface area contributed by atoms with Crippen molar-refractivity contribution in [3.63, 3.8) is 0 Å². The Balaban J connectivity index is 2.02. The Morgan fingerprint density at radius 2 is 2.22 bits per heavy atom. The van der Waals surface area contributed by atoms with Crippen LogP contribution < -0.4 is 0 Å². The molecule has 0 aromatic carbocycles. The summed E-state index contributed by atoms with van der Waals surface area (Å²) in [7, 11) is 0. The van der Waals surface area contributed by atoms with E-state index in [1.54, 1.807) is 23.1 Å². The number of rotatable bonds is 5. The topological polar surface area (TPSA) is 84.3 Å². The van der Waals surface area contributed by atoms with E-state index in [-0.39, 0.29) is 18.6 Å². The molecule has 0 radical (unpaired) electrons. The third-order valence-electron chi connectivity index (χ3n) is 3.36. The largest absolute Gasteiger partial charge is 0.461 e. The third-order valence-corrected chi connectivity index (χ3v) is 3.36. The van der Waals surface area contributed by atoms with Gasteiger partial charge in [-0.25, -0.2) is 9.67 Å². The Kier molecular flexibility index (Phi) is 2.68. The Bertz CT molecular complexity index is 529. The van der Waals surface area contributed by atoms with Gasteiger partial charge in [0.2, 0.25) is 5.82 Å². The molecule has 96 valence electrons. The lowest BCUT2D eigenvalue weighted by atomic mass is 10.1. The molecule has 0 unspecified atom stereocenters. The van der Waals surface area contributed by atoms with E-state index in [9.17, 15) is 5.11 Å². The number of hydrogen-bond acceptors (Lipinski definition) is 5. The van der Waals surface area contributed by atoms with Crippen molar-refractivity contribution in [2.75, 3.05) is 13.2 Å². The second-order valence-corrected chi connectivity index (χ2v) is 4.62. The van der Waals surface area contributed by atoms with Gasteiger partial charge < -0.3 is 14.6 Å². The average Bonchev–Trinajstić information content (AvgIpc) is 2.81. The Hall–Kier alpha value is -1.66. The van der Waals surface area contributed by atoms with Gasteiger partial charge in [0.05, 0.1) is 31.4 Å². The van der Waals surface area contributed by atoms with Crippen molar-refractivity contribution >= 4 is 0 Å². The summed E-state index contributed by atoms with van der Waals surface area (Å²) in [4.78, 5) is 4.46. The normalized spacial score (nSPS) is 17.0. The summed E-state index contributed by atoms with van der Waals surface area (Å²) >= 11 is 0. The van der Waals surface area contributed by atoms with Crippen LogP contribution in [-0.2, 0) is 12.0 Å². The van der Waals surface area contributed by atoms with Crippen molar-refractivity contribution in [3.05, 3.63) is 24.2 Å². The summed E-state index contributed by atoms with van der Waals surface area (Å²) in [5.41, 5.74) is -0.271. The summed E-state index contributed by atoms with van der Waals surface area (Å²) in [6.07, 6.45) is 3.39. The first-order valence-corrected chi connectivity index (χ1v) is 6.00.